The molecule has 0 fully saturated rings. The average molecular weight is 275 g/mol. The van der Waals surface area contributed by atoms with Crippen LogP contribution in [0.2, 0.25) is 0 Å². The first-order valence-corrected chi connectivity index (χ1v) is 6.59. The summed E-state index contributed by atoms with van der Waals surface area (Å²) in [4.78, 5) is 0. The van der Waals surface area contributed by atoms with Crippen LogP contribution in [0.5, 0.6) is 0 Å². The Labute approximate surface area is 112 Å². The molecule has 0 spiro atoms. The first-order chi connectivity index (χ1) is 9.31. The van der Waals surface area contributed by atoms with Gasteiger partial charge in [-0.1, -0.05) is 11.8 Å². The Morgan fingerprint density at radius 2 is 2.05 bits per heavy atom. The Bertz CT molecular complexity index is 647. The maximum atomic E-state index is 12.8. The highest BCUT2D eigenvalue weighted by molar-refractivity contribution is 7.98. The SMILES string of the molecule is Fc1ccc(-n2ccc(CSc3cn[nH]n3)n2)cc1. The van der Waals surface area contributed by atoms with Gasteiger partial charge in [-0.2, -0.15) is 15.4 Å². The molecule has 3 rings (SSSR count). The minimum atomic E-state index is -0.252. The highest BCUT2D eigenvalue weighted by Crippen LogP contribution is 2.19. The van der Waals surface area contributed by atoms with Gasteiger partial charge in [0.15, 0.2) is 0 Å². The number of hydrogen-bond donors (Lipinski definition) is 1. The number of rotatable bonds is 4. The van der Waals surface area contributed by atoms with Crippen LogP contribution in [0.25, 0.3) is 5.69 Å². The van der Waals surface area contributed by atoms with Crippen molar-refractivity contribution in [1.29, 1.82) is 0 Å². The van der Waals surface area contributed by atoms with Crippen molar-refractivity contribution >= 4 is 11.8 Å². The summed E-state index contributed by atoms with van der Waals surface area (Å²) in [6.45, 7) is 0. The van der Waals surface area contributed by atoms with Gasteiger partial charge in [0.05, 0.1) is 17.6 Å². The predicted molar refractivity (Wildman–Crippen MR) is 69.5 cm³/mol. The van der Waals surface area contributed by atoms with E-state index in [2.05, 4.69) is 20.5 Å². The molecule has 1 aromatic carbocycles. The lowest BCUT2D eigenvalue weighted by atomic mass is 10.3. The van der Waals surface area contributed by atoms with Crippen molar-refractivity contribution < 1.29 is 4.39 Å². The van der Waals surface area contributed by atoms with E-state index in [0.29, 0.717) is 5.75 Å². The normalized spacial score (nSPS) is 10.8. The molecular formula is C12H10FN5S. The first kappa shape index (κ1) is 11.9. The second-order valence-electron chi connectivity index (χ2n) is 3.82. The van der Waals surface area contributed by atoms with Crippen LogP contribution in [0.4, 0.5) is 4.39 Å². The van der Waals surface area contributed by atoms with Crippen molar-refractivity contribution in [3.8, 4) is 5.69 Å². The molecule has 0 unspecified atom stereocenters. The Morgan fingerprint density at radius 1 is 1.21 bits per heavy atom. The number of aromatic amines is 1. The van der Waals surface area contributed by atoms with E-state index in [4.69, 9.17) is 0 Å². The molecule has 5 nitrogen and oxygen atoms in total. The monoisotopic (exact) mass is 275 g/mol. The molecule has 19 heavy (non-hydrogen) atoms. The van der Waals surface area contributed by atoms with Crippen LogP contribution in [-0.2, 0) is 5.75 Å². The number of nitrogens with one attached hydrogen (secondary N) is 1. The molecule has 1 N–H and O–H groups in total. The molecule has 0 aliphatic rings. The van der Waals surface area contributed by atoms with Gasteiger partial charge < -0.3 is 0 Å². The molecule has 0 aliphatic heterocycles. The number of halogens is 1. The zero-order chi connectivity index (χ0) is 13.1. The van der Waals surface area contributed by atoms with Crippen molar-refractivity contribution in [3.63, 3.8) is 0 Å². The van der Waals surface area contributed by atoms with Gasteiger partial charge in [-0.05, 0) is 30.3 Å². The van der Waals surface area contributed by atoms with Gasteiger partial charge in [0.2, 0.25) is 0 Å². The van der Waals surface area contributed by atoms with Gasteiger partial charge in [0.1, 0.15) is 10.8 Å². The lowest BCUT2D eigenvalue weighted by molar-refractivity contribution is 0.627. The maximum Gasteiger partial charge on any atom is 0.139 e. The molecule has 3 aromatic rings. The fourth-order valence-corrected chi connectivity index (χ4v) is 2.27. The topological polar surface area (TPSA) is 59.4 Å². The summed E-state index contributed by atoms with van der Waals surface area (Å²) in [5.74, 6) is 0.457. The summed E-state index contributed by atoms with van der Waals surface area (Å²) in [5.41, 5.74) is 1.76. The molecule has 2 aromatic heterocycles. The molecule has 0 aliphatic carbocycles. The van der Waals surface area contributed by atoms with Crippen LogP contribution < -0.4 is 0 Å². The number of nitrogens with zero attached hydrogens (tertiary/aromatic N) is 4. The quantitative estimate of drug-likeness (QED) is 0.743. The molecule has 0 radical (unpaired) electrons. The highest BCUT2D eigenvalue weighted by Gasteiger charge is 2.04. The fraction of sp³-hybridized carbons (Fsp3) is 0.0833. The molecule has 0 bridgehead atoms. The summed E-state index contributed by atoms with van der Waals surface area (Å²) in [5, 5.41) is 15.5. The summed E-state index contributed by atoms with van der Waals surface area (Å²) < 4.78 is 14.6. The van der Waals surface area contributed by atoms with Crippen molar-refractivity contribution in [3.05, 3.63) is 54.2 Å². The largest absolute Gasteiger partial charge is 0.241 e. The molecular weight excluding hydrogens is 265 g/mol. The van der Waals surface area contributed by atoms with E-state index in [-0.39, 0.29) is 5.82 Å². The van der Waals surface area contributed by atoms with E-state index in [0.717, 1.165) is 16.4 Å². The molecule has 0 amide bonds. The van der Waals surface area contributed by atoms with Crippen molar-refractivity contribution in [2.24, 2.45) is 0 Å². The van der Waals surface area contributed by atoms with E-state index in [9.17, 15) is 4.39 Å². The predicted octanol–water partition coefficient (Wildman–Crippen LogP) is 2.42. The second-order valence-corrected chi connectivity index (χ2v) is 4.82. The molecule has 0 saturated heterocycles. The van der Waals surface area contributed by atoms with E-state index in [1.165, 1.54) is 12.1 Å². The zero-order valence-corrected chi connectivity index (χ0v) is 10.6. The molecule has 2 heterocycles. The van der Waals surface area contributed by atoms with E-state index in [1.54, 1.807) is 34.8 Å². The van der Waals surface area contributed by atoms with Crippen LogP contribution in [0.15, 0.2) is 47.8 Å². The minimum absolute atomic E-state index is 0.252. The Balaban J connectivity index is 1.70. The van der Waals surface area contributed by atoms with Crippen LogP contribution in [0, 0.1) is 5.82 Å². The first-order valence-electron chi connectivity index (χ1n) is 5.60. The third-order valence-corrected chi connectivity index (χ3v) is 3.43. The van der Waals surface area contributed by atoms with Crippen LogP contribution in [0.3, 0.4) is 0 Å². The van der Waals surface area contributed by atoms with E-state index >= 15 is 0 Å². The number of H-pyrrole nitrogens is 1. The number of benzene rings is 1. The lowest BCUT2D eigenvalue weighted by Crippen LogP contribution is -1.95. The Kier molecular flexibility index (Phi) is 3.28. The van der Waals surface area contributed by atoms with E-state index < -0.39 is 0 Å². The van der Waals surface area contributed by atoms with Gasteiger partial charge in [-0.15, -0.1) is 5.10 Å². The summed E-state index contributed by atoms with van der Waals surface area (Å²) in [6.07, 6.45) is 3.52. The van der Waals surface area contributed by atoms with Gasteiger partial charge in [-0.3, -0.25) is 0 Å². The van der Waals surface area contributed by atoms with E-state index in [1.807, 2.05) is 12.3 Å². The molecule has 96 valence electrons. The fourth-order valence-electron chi connectivity index (χ4n) is 1.58. The second kappa shape index (κ2) is 5.23. The Hall–Kier alpha value is -2.15. The van der Waals surface area contributed by atoms with Crippen molar-refractivity contribution in [1.82, 2.24) is 25.2 Å². The average Bonchev–Trinajstić information content (AvgIpc) is 3.09. The smallest absolute Gasteiger partial charge is 0.139 e. The maximum absolute atomic E-state index is 12.8. The summed E-state index contributed by atoms with van der Waals surface area (Å²) >= 11 is 1.55. The van der Waals surface area contributed by atoms with Gasteiger partial charge in [0.25, 0.3) is 0 Å². The van der Waals surface area contributed by atoms with Crippen LogP contribution >= 0.6 is 11.8 Å². The standard InChI is InChI=1S/C12H10FN5S/c13-9-1-3-11(4-2-9)18-6-5-10(16-18)8-19-12-7-14-17-15-12/h1-7H,8H2,(H,14,15,17). The Morgan fingerprint density at radius 3 is 2.79 bits per heavy atom. The zero-order valence-electron chi connectivity index (χ0n) is 9.82. The summed E-state index contributed by atoms with van der Waals surface area (Å²) in [7, 11) is 0. The molecule has 0 saturated carbocycles. The third kappa shape index (κ3) is 2.82. The molecule has 7 heteroatoms. The minimum Gasteiger partial charge on any atom is -0.241 e. The van der Waals surface area contributed by atoms with Crippen molar-refractivity contribution in [2.75, 3.05) is 0 Å². The van der Waals surface area contributed by atoms with Crippen LogP contribution in [0.1, 0.15) is 5.69 Å². The molecule has 0 atom stereocenters. The number of hydrogen-bond acceptors (Lipinski definition) is 4. The van der Waals surface area contributed by atoms with Gasteiger partial charge in [0, 0.05) is 11.9 Å². The number of aromatic nitrogens is 5. The lowest BCUT2D eigenvalue weighted by Gasteiger charge is -2.00. The summed E-state index contributed by atoms with van der Waals surface area (Å²) in [6, 6.07) is 8.14. The van der Waals surface area contributed by atoms with Crippen molar-refractivity contribution in [2.45, 2.75) is 10.8 Å². The van der Waals surface area contributed by atoms with Gasteiger partial charge >= 0.3 is 0 Å². The third-order valence-electron chi connectivity index (χ3n) is 2.50. The number of thioether (sulfide) groups is 1. The highest BCUT2D eigenvalue weighted by atomic mass is 32.2. The van der Waals surface area contributed by atoms with Crippen LogP contribution in [-0.4, -0.2) is 25.2 Å². The van der Waals surface area contributed by atoms with Gasteiger partial charge in [-0.25, -0.2) is 9.07 Å².